The second kappa shape index (κ2) is 7.52. The lowest BCUT2D eigenvalue weighted by Gasteiger charge is -2.25. The SMILES string of the molecule is COc1ccc(NC(=O)[C@@]2(C)CCN(c3ccc(Cl)cc3)S2(=O)=O)c(OC)c1. The van der Waals surface area contributed by atoms with Gasteiger partial charge in [-0.05, 0) is 49.7 Å². The summed E-state index contributed by atoms with van der Waals surface area (Å²) < 4.78 is 36.4. The third kappa shape index (κ3) is 3.38. The zero-order valence-corrected chi connectivity index (χ0v) is 17.3. The summed E-state index contributed by atoms with van der Waals surface area (Å²) in [7, 11) is -0.955. The number of anilines is 2. The van der Waals surface area contributed by atoms with Crippen molar-refractivity contribution in [3.63, 3.8) is 0 Å². The summed E-state index contributed by atoms with van der Waals surface area (Å²) in [4.78, 5) is 13.0. The summed E-state index contributed by atoms with van der Waals surface area (Å²) in [5.41, 5.74) is 0.845. The number of carbonyl (C=O) groups is 1. The number of hydrogen-bond acceptors (Lipinski definition) is 5. The van der Waals surface area contributed by atoms with Crippen molar-refractivity contribution in [1.29, 1.82) is 0 Å². The Labute approximate surface area is 169 Å². The molecule has 2 aromatic rings. The highest BCUT2D eigenvalue weighted by molar-refractivity contribution is 7.95. The van der Waals surface area contributed by atoms with Crippen molar-refractivity contribution in [2.75, 3.05) is 30.4 Å². The van der Waals surface area contributed by atoms with Crippen LogP contribution in [0.15, 0.2) is 42.5 Å². The number of nitrogens with one attached hydrogen (secondary N) is 1. The number of benzene rings is 2. The molecular weight excluding hydrogens is 404 g/mol. The van der Waals surface area contributed by atoms with E-state index in [2.05, 4.69) is 5.32 Å². The van der Waals surface area contributed by atoms with Crippen molar-refractivity contribution < 1.29 is 22.7 Å². The molecule has 1 aliphatic heterocycles. The average molecular weight is 425 g/mol. The summed E-state index contributed by atoms with van der Waals surface area (Å²) in [6.45, 7) is 1.64. The maximum Gasteiger partial charge on any atom is 0.249 e. The molecular formula is C19H21ClN2O5S. The van der Waals surface area contributed by atoms with Crippen LogP contribution in [0, 0.1) is 0 Å². The normalized spacial score (nSPS) is 20.6. The van der Waals surface area contributed by atoms with Crippen LogP contribution in [-0.2, 0) is 14.8 Å². The second-order valence-corrected chi connectivity index (χ2v) is 9.28. The molecule has 0 radical (unpaired) electrons. The molecule has 1 aliphatic rings. The average Bonchev–Trinajstić information content (AvgIpc) is 2.93. The minimum atomic E-state index is -3.93. The molecule has 0 aliphatic carbocycles. The van der Waals surface area contributed by atoms with Crippen molar-refractivity contribution in [2.45, 2.75) is 18.1 Å². The quantitative estimate of drug-likeness (QED) is 0.796. The molecule has 1 N–H and O–H groups in total. The van der Waals surface area contributed by atoms with E-state index in [0.29, 0.717) is 27.9 Å². The van der Waals surface area contributed by atoms with Crippen LogP contribution >= 0.6 is 11.6 Å². The first kappa shape index (κ1) is 20.3. The Morgan fingerprint density at radius 3 is 2.43 bits per heavy atom. The largest absolute Gasteiger partial charge is 0.497 e. The molecule has 0 saturated carbocycles. The maximum atomic E-state index is 13.2. The van der Waals surface area contributed by atoms with Crippen LogP contribution in [0.3, 0.4) is 0 Å². The summed E-state index contributed by atoms with van der Waals surface area (Å²) in [5.74, 6) is 0.317. The number of amides is 1. The molecule has 1 atom stereocenters. The van der Waals surface area contributed by atoms with Crippen molar-refractivity contribution in [3.8, 4) is 11.5 Å². The fourth-order valence-corrected chi connectivity index (χ4v) is 5.05. The second-order valence-electron chi connectivity index (χ2n) is 6.55. The molecule has 1 heterocycles. The summed E-state index contributed by atoms with van der Waals surface area (Å²) in [5, 5.41) is 3.19. The maximum absolute atomic E-state index is 13.2. The number of rotatable bonds is 5. The van der Waals surface area contributed by atoms with Gasteiger partial charge in [-0.2, -0.15) is 0 Å². The van der Waals surface area contributed by atoms with E-state index in [4.69, 9.17) is 21.1 Å². The van der Waals surface area contributed by atoms with Gasteiger partial charge in [-0.3, -0.25) is 9.10 Å². The minimum absolute atomic E-state index is 0.155. The van der Waals surface area contributed by atoms with E-state index >= 15 is 0 Å². The summed E-state index contributed by atoms with van der Waals surface area (Å²) in [6.07, 6.45) is 0.155. The fourth-order valence-electron chi connectivity index (χ4n) is 3.07. The number of sulfonamides is 1. The van der Waals surface area contributed by atoms with Gasteiger partial charge in [0.2, 0.25) is 15.9 Å². The van der Waals surface area contributed by atoms with Gasteiger partial charge in [-0.1, -0.05) is 11.6 Å². The molecule has 2 aromatic carbocycles. The third-order valence-electron chi connectivity index (χ3n) is 4.90. The highest BCUT2D eigenvalue weighted by Gasteiger charge is 2.54. The Bertz CT molecular complexity index is 994. The number of carbonyl (C=O) groups excluding carboxylic acids is 1. The molecule has 0 spiro atoms. The van der Waals surface area contributed by atoms with Crippen molar-refractivity contribution >= 4 is 38.9 Å². The highest BCUT2D eigenvalue weighted by atomic mass is 35.5. The van der Waals surface area contributed by atoms with Gasteiger partial charge in [0.15, 0.2) is 4.75 Å². The van der Waals surface area contributed by atoms with Crippen LogP contribution in [0.1, 0.15) is 13.3 Å². The Kier molecular flexibility index (Phi) is 5.45. The van der Waals surface area contributed by atoms with E-state index in [1.54, 1.807) is 42.5 Å². The van der Waals surface area contributed by atoms with Crippen LogP contribution in [0.4, 0.5) is 11.4 Å². The monoisotopic (exact) mass is 424 g/mol. The van der Waals surface area contributed by atoms with E-state index in [-0.39, 0.29) is 13.0 Å². The van der Waals surface area contributed by atoms with Gasteiger partial charge in [-0.15, -0.1) is 0 Å². The summed E-state index contributed by atoms with van der Waals surface area (Å²) >= 11 is 5.88. The first-order valence-corrected chi connectivity index (χ1v) is 10.4. The fraction of sp³-hybridized carbons (Fsp3) is 0.316. The first-order chi connectivity index (χ1) is 13.2. The minimum Gasteiger partial charge on any atom is -0.497 e. The van der Waals surface area contributed by atoms with Gasteiger partial charge >= 0.3 is 0 Å². The van der Waals surface area contributed by atoms with Gasteiger partial charge in [0.1, 0.15) is 11.5 Å². The topological polar surface area (TPSA) is 84.9 Å². The molecule has 0 unspecified atom stereocenters. The van der Waals surface area contributed by atoms with Gasteiger partial charge < -0.3 is 14.8 Å². The number of nitrogens with zero attached hydrogens (tertiary/aromatic N) is 1. The lowest BCUT2D eigenvalue weighted by atomic mass is 10.1. The predicted octanol–water partition coefficient (Wildman–Crippen LogP) is 3.29. The molecule has 150 valence electrons. The van der Waals surface area contributed by atoms with E-state index < -0.39 is 20.7 Å². The standard InChI is InChI=1S/C19H21ClN2O5S/c1-19(18(23)21-16-9-8-15(26-2)12-17(16)27-3)10-11-22(28(19,24)25)14-6-4-13(20)5-7-14/h4-9,12H,10-11H2,1-3H3,(H,21,23)/t19-/m1/s1. The smallest absolute Gasteiger partial charge is 0.249 e. The number of ether oxygens (including phenoxy) is 2. The molecule has 3 rings (SSSR count). The summed E-state index contributed by atoms with van der Waals surface area (Å²) in [6, 6.07) is 11.4. The first-order valence-electron chi connectivity index (χ1n) is 8.54. The lowest BCUT2D eigenvalue weighted by Crippen LogP contribution is -2.47. The van der Waals surface area contributed by atoms with Crippen LogP contribution < -0.4 is 19.1 Å². The Hall–Kier alpha value is -2.45. The van der Waals surface area contributed by atoms with Crippen LogP contribution in [0.25, 0.3) is 0 Å². The van der Waals surface area contributed by atoms with Gasteiger partial charge in [0, 0.05) is 17.6 Å². The number of hydrogen-bond donors (Lipinski definition) is 1. The molecule has 1 fully saturated rings. The van der Waals surface area contributed by atoms with Crippen molar-refractivity contribution in [3.05, 3.63) is 47.5 Å². The predicted molar refractivity (Wildman–Crippen MR) is 109 cm³/mol. The van der Waals surface area contributed by atoms with E-state index in [1.807, 2.05) is 0 Å². The Balaban J connectivity index is 1.88. The molecule has 1 amide bonds. The zero-order valence-electron chi connectivity index (χ0n) is 15.7. The van der Waals surface area contributed by atoms with Gasteiger partial charge in [0.25, 0.3) is 0 Å². The molecule has 9 heteroatoms. The van der Waals surface area contributed by atoms with Gasteiger partial charge in [-0.25, -0.2) is 8.42 Å². The highest BCUT2D eigenvalue weighted by Crippen LogP contribution is 2.38. The van der Waals surface area contributed by atoms with E-state index in [1.165, 1.54) is 25.4 Å². The van der Waals surface area contributed by atoms with Gasteiger partial charge in [0.05, 0.1) is 25.6 Å². The third-order valence-corrected chi connectivity index (χ3v) is 7.66. The van der Waals surface area contributed by atoms with Crippen molar-refractivity contribution in [1.82, 2.24) is 0 Å². The number of halogens is 1. The Morgan fingerprint density at radius 1 is 1.14 bits per heavy atom. The van der Waals surface area contributed by atoms with E-state index in [9.17, 15) is 13.2 Å². The van der Waals surface area contributed by atoms with Crippen LogP contribution in [0.2, 0.25) is 5.02 Å². The van der Waals surface area contributed by atoms with Crippen molar-refractivity contribution in [2.24, 2.45) is 0 Å². The van der Waals surface area contributed by atoms with Crippen LogP contribution in [-0.4, -0.2) is 39.8 Å². The van der Waals surface area contributed by atoms with Crippen LogP contribution in [0.5, 0.6) is 11.5 Å². The molecule has 0 bridgehead atoms. The van der Waals surface area contributed by atoms with E-state index in [0.717, 1.165) is 0 Å². The molecule has 7 nitrogen and oxygen atoms in total. The molecule has 28 heavy (non-hydrogen) atoms. The zero-order chi connectivity index (χ0) is 20.5. The molecule has 1 saturated heterocycles. The number of methoxy groups -OCH3 is 2. The molecule has 0 aromatic heterocycles. The Morgan fingerprint density at radius 2 is 1.82 bits per heavy atom. The lowest BCUT2D eigenvalue weighted by molar-refractivity contribution is -0.118.